The van der Waals surface area contributed by atoms with Crippen LogP contribution < -0.4 is 0 Å². The number of hydrogen-bond donors (Lipinski definition) is 0. The monoisotopic (exact) mass is 160 g/mol. The van der Waals surface area contributed by atoms with Crippen molar-refractivity contribution in [1.29, 1.82) is 5.26 Å². The second-order valence-corrected chi connectivity index (χ2v) is 3.53. The lowest BCUT2D eigenvalue weighted by molar-refractivity contribution is 0.611. The Morgan fingerprint density at radius 3 is 2.92 bits per heavy atom. The third-order valence-electron chi connectivity index (χ3n) is 2.45. The van der Waals surface area contributed by atoms with E-state index in [1.807, 2.05) is 12.1 Å². The van der Waals surface area contributed by atoms with Gasteiger partial charge in [-0.05, 0) is 37.8 Å². The standard InChI is InChI=1S/C10H12N2/c1-8-2-5-10(6-11)12(8)7-9-3-4-9/h2,5,9H,3-4,7H2,1H3. The first-order valence-electron chi connectivity index (χ1n) is 4.37. The Bertz CT molecular complexity index is 326. The molecule has 1 fully saturated rings. The molecule has 2 heteroatoms. The van der Waals surface area contributed by atoms with Crippen LogP contribution >= 0.6 is 0 Å². The van der Waals surface area contributed by atoms with E-state index in [1.54, 1.807) is 0 Å². The van der Waals surface area contributed by atoms with Crippen molar-refractivity contribution in [1.82, 2.24) is 4.57 Å². The second-order valence-electron chi connectivity index (χ2n) is 3.53. The van der Waals surface area contributed by atoms with Crippen molar-refractivity contribution in [3.8, 4) is 6.07 Å². The molecule has 0 N–H and O–H groups in total. The van der Waals surface area contributed by atoms with Gasteiger partial charge >= 0.3 is 0 Å². The quantitative estimate of drug-likeness (QED) is 0.651. The van der Waals surface area contributed by atoms with Gasteiger partial charge in [0.05, 0.1) is 0 Å². The van der Waals surface area contributed by atoms with Crippen LogP contribution in [0.15, 0.2) is 12.1 Å². The van der Waals surface area contributed by atoms with Crippen LogP contribution in [0.5, 0.6) is 0 Å². The van der Waals surface area contributed by atoms with Crippen molar-refractivity contribution in [3.63, 3.8) is 0 Å². The number of aryl methyl sites for hydroxylation is 1. The Morgan fingerprint density at radius 1 is 1.58 bits per heavy atom. The summed E-state index contributed by atoms with van der Waals surface area (Å²) in [7, 11) is 0. The zero-order chi connectivity index (χ0) is 8.55. The van der Waals surface area contributed by atoms with E-state index < -0.39 is 0 Å². The highest BCUT2D eigenvalue weighted by atomic mass is 15.0. The fourth-order valence-electron chi connectivity index (χ4n) is 1.47. The Balaban J connectivity index is 2.26. The molecule has 1 aliphatic rings. The zero-order valence-electron chi connectivity index (χ0n) is 7.25. The molecule has 1 aromatic heterocycles. The van der Waals surface area contributed by atoms with Gasteiger partial charge in [0.15, 0.2) is 0 Å². The Kier molecular flexibility index (Phi) is 1.65. The predicted molar refractivity (Wildman–Crippen MR) is 46.6 cm³/mol. The van der Waals surface area contributed by atoms with Crippen molar-refractivity contribution in [2.75, 3.05) is 0 Å². The van der Waals surface area contributed by atoms with Crippen molar-refractivity contribution >= 4 is 0 Å². The van der Waals surface area contributed by atoms with Crippen LogP contribution in [0, 0.1) is 24.2 Å². The van der Waals surface area contributed by atoms with E-state index in [0.717, 1.165) is 18.2 Å². The summed E-state index contributed by atoms with van der Waals surface area (Å²) >= 11 is 0. The van der Waals surface area contributed by atoms with Gasteiger partial charge in [-0.15, -0.1) is 0 Å². The first-order chi connectivity index (χ1) is 5.81. The average Bonchev–Trinajstić information content (AvgIpc) is 2.80. The first-order valence-corrected chi connectivity index (χ1v) is 4.37. The summed E-state index contributed by atoms with van der Waals surface area (Å²) < 4.78 is 2.12. The van der Waals surface area contributed by atoms with E-state index >= 15 is 0 Å². The largest absolute Gasteiger partial charge is 0.337 e. The third kappa shape index (κ3) is 1.23. The van der Waals surface area contributed by atoms with Gasteiger partial charge < -0.3 is 4.57 Å². The topological polar surface area (TPSA) is 28.7 Å². The van der Waals surface area contributed by atoms with Gasteiger partial charge in [-0.2, -0.15) is 5.26 Å². The zero-order valence-corrected chi connectivity index (χ0v) is 7.25. The van der Waals surface area contributed by atoms with E-state index in [1.165, 1.54) is 18.5 Å². The summed E-state index contributed by atoms with van der Waals surface area (Å²) in [6, 6.07) is 6.13. The van der Waals surface area contributed by atoms with Gasteiger partial charge in [0.25, 0.3) is 0 Å². The van der Waals surface area contributed by atoms with Crippen molar-refractivity contribution < 1.29 is 0 Å². The smallest absolute Gasteiger partial charge is 0.120 e. The minimum Gasteiger partial charge on any atom is -0.337 e. The lowest BCUT2D eigenvalue weighted by atomic mass is 10.4. The van der Waals surface area contributed by atoms with Gasteiger partial charge in [0.1, 0.15) is 11.8 Å². The minimum atomic E-state index is 0.805. The summed E-state index contributed by atoms with van der Waals surface area (Å²) in [5.74, 6) is 0.836. The highest BCUT2D eigenvalue weighted by Crippen LogP contribution is 2.31. The SMILES string of the molecule is Cc1ccc(C#N)n1CC1CC1. The van der Waals surface area contributed by atoms with Gasteiger partial charge in [-0.1, -0.05) is 0 Å². The summed E-state index contributed by atoms with van der Waals surface area (Å²) in [5.41, 5.74) is 2.01. The molecule has 0 saturated heterocycles. The molecule has 2 nitrogen and oxygen atoms in total. The summed E-state index contributed by atoms with van der Waals surface area (Å²) in [4.78, 5) is 0. The molecule has 62 valence electrons. The lowest BCUT2D eigenvalue weighted by Crippen LogP contribution is -2.03. The predicted octanol–water partition coefficient (Wildman–Crippen LogP) is 2.08. The average molecular weight is 160 g/mol. The molecule has 0 aliphatic heterocycles. The van der Waals surface area contributed by atoms with Crippen LogP contribution in [-0.2, 0) is 6.54 Å². The molecule has 0 aromatic carbocycles. The van der Waals surface area contributed by atoms with Gasteiger partial charge in [-0.3, -0.25) is 0 Å². The fourth-order valence-corrected chi connectivity index (χ4v) is 1.47. The maximum absolute atomic E-state index is 8.79. The third-order valence-corrected chi connectivity index (χ3v) is 2.45. The van der Waals surface area contributed by atoms with Crippen molar-refractivity contribution in [2.24, 2.45) is 5.92 Å². The van der Waals surface area contributed by atoms with Gasteiger partial charge in [0.2, 0.25) is 0 Å². The summed E-state index contributed by atoms with van der Waals surface area (Å²) in [6.07, 6.45) is 2.67. The molecule has 0 unspecified atom stereocenters. The Morgan fingerprint density at radius 2 is 2.33 bits per heavy atom. The van der Waals surface area contributed by atoms with Crippen LogP contribution in [0.3, 0.4) is 0 Å². The van der Waals surface area contributed by atoms with E-state index in [2.05, 4.69) is 17.6 Å². The molecule has 0 radical (unpaired) electrons. The normalized spacial score (nSPS) is 16.0. The van der Waals surface area contributed by atoms with Crippen molar-refractivity contribution in [2.45, 2.75) is 26.3 Å². The molecule has 1 saturated carbocycles. The van der Waals surface area contributed by atoms with Gasteiger partial charge in [0, 0.05) is 12.2 Å². The van der Waals surface area contributed by atoms with Crippen LogP contribution in [0.4, 0.5) is 0 Å². The number of nitrogens with zero attached hydrogens (tertiary/aromatic N) is 2. The molecule has 1 heterocycles. The van der Waals surface area contributed by atoms with Crippen LogP contribution in [-0.4, -0.2) is 4.57 Å². The summed E-state index contributed by atoms with van der Waals surface area (Å²) in [5, 5.41) is 8.79. The first kappa shape index (κ1) is 7.42. The van der Waals surface area contributed by atoms with E-state index in [9.17, 15) is 0 Å². The van der Waals surface area contributed by atoms with Gasteiger partial charge in [-0.25, -0.2) is 0 Å². The number of rotatable bonds is 2. The number of aromatic nitrogens is 1. The van der Waals surface area contributed by atoms with E-state index in [0.29, 0.717) is 0 Å². The Labute approximate surface area is 72.4 Å². The maximum Gasteiger partial charge on any atom is 0.120 e. The van der Waals surface area contributed by atoms with E-state index in [4.69, 9.17) is 5.26 Å². The van der Waals surface area contributed by atoms with Crippen LogP contribution in [0.25, 0.3) is 0 Å². The molecule has 1 aromatic rings. The van der Waals surface area contributed by atoms with Crippen LogP contribution in [0.2, 0.25) is 0 Å². The molecule has 0 amide bonds. The lowest BCUT2D eigenvalue weighted by Gasteiger charge is -2.05. The number of nitriles is 1. The van der Waals surface area contributed by atoms with E-state index in [-0.39, 0.29) is 0 Å². The van der Waals surface area contributed by atoms with Crippen molar-refractivity contribution in [3.05, 3.63) is 23.5 Å². The minimum absolute atomic E-state index is 0.805. The molecule has 1 aliphatic carbocycles. The highest BCUT2D eigenvalue weighted by Gasteiger charge is 2.22. The maximum atomic E-state index is 8.79. The number of hydrogen-bond acceptors (Lipinski definition) is 1. The summed E-state index contributed by atoms with van der Waals surface area (Å²) in [6.45, 7) is 3.10. The van der Waals surface area contributed by atoms with Crippen LogP contribution in [0.1, 0.15) is 24.2 Å². The molecule has 2 rings (SSSR count). The second kappa shape index (κ2) is 2.67. The molecular weight excluding hydrogens is 148 g/mol. The highest BCUT2D eigenvalue weighted by molar-refractivity contribution is 5.26. The molecule has 0 spiro atoms. The molecular formula is C10H12N2. The molecule has 0 bridgehead atoms. The Hall–Kier alpha value is -1.23. The molecule has 0 atom stereocenters. The molecule has 12 heavy (non-hydrogen) atoms. The fraction of sp³-hybridized carbons (Fsp3) is 0.500.